The molecule has 3 heteroatoms. The standard InChI is InChI=1S/C23H28O3/c1-14(2)8-9-16-11-15(13-24)18-19-22(26-20(3,4)25-19)10-6-7-17-12-21(16,5)23(17,18)22/h11,17,19,24H,1,6-7,10,12-13H2,2-5H3/t17-,19+,21-,22+,23+/m1/s1. The molecule has 0 radical (unpaired) electrons. The van der Waals surface area contributed by atoms with Crippen molar-refractivity contribution < 1.29 is 14.6 Å². The molecule has 5 rings (SSSR count). The molecule has 5 aliphatic rings. The average Bonchev–Trinajstić information content (AvgIpc) is 2.75. The Morgan fingerprint density at radius 3 is 2.85 bits per heavy atom. The number of hydrogen-bond acceptors (Lipinski definition) is 3. The second-order valence-corrected chi connectivity index (χ2v) is 9.51. The Bertz CT molecular complexity index is 850. The van der Waals surface area contributed by atoms with E-state index in [0.717, 1.165) is 29.6 Å². The third kappa shape index (κ3) is 1.56. The van der Waals surface area contributed by atoms with E-state index in [-0.39, 0.29) is 29.1 Å². The van der Waals surface area contributed by atoms with E-state index in [0.29, 0.717) is 5.92 Å². The second kappa shape index (κ2) is 4.73. The molecule has 138 valence electrons. The molecule has 3 saturated carbocycles. The van der Waals surface area contributed by atoms with Crippen LogP contribution in [0.1, 0.15) is 53.4 Å². The van der Waals surface area contributed by atoms with Crippen LogP contribution in [0.2, 0.25) is 0 Å². The topological polar surface area (TPSA) is 38.7 Å². The average molecular weight is 352 g/mol. The lowest BCUT2D eigenvalue weighted by Crippen LogP contribution is -2.83. The van der Waals surface area contributed by atoms with Gasteiger partial charge in [0.2, 0.25) is 0 Å². The van der Waals surface area contributed by atoms with E-state index >= 15 is 0 Å². The Morgan fingerprint density at radius 1 is 1.38 bits per heavy atom. The molecule has 2 spiro atoms. The number of aliphatic hydroxyl groups excluding tert-OH is 1. The summed E-state index contributed by atoms with van der Waals surface area (Å²) in [7, 11) is 0. The van der Waals surface area contributed by atoms with E-state index < -0.39 is 5.79 Å². The molecule has 4 fully saturated rings. The SMILES string of the molecule is C=C(C)C#CC1=CC(CO)=C2[C@@H]3OC(C)(C)O[C@@]34CCC[C@@H]3C[C@@]1(C)[C@@]234. The molecular formula is C23H28O3. The van der Waals surface area contributed by atoms with Crippen LogP contribution >= 0.6 is 0 Å². The lowest BCUT2D eigenvalue weighted by molar-refractivity contribution is -0.300. The fourth-order valence-electron chi connectivity index (χ4n) is 7.23. The zero-order valence-electron chi connectivity index (χ0n) is 16.2. The molecule has 1 N–H and O–H groups in total. The molecule has 1 heterocycles. The number of aliphatic hydroxyl groups is 1. The minimum atomic E-state index is -0.577. The van der Waals surface area contributed by atoms with Crippen LogP contribution < -0.4 is 0 Å². The molecular weight excluding hydrogens is 324 g/mol. The third-order valence-corrected chi connectivity index (χ3v) is 7.69. The first-order valence-electron chi connectivity index (χ1n) is 9.84. The van der Waals surface area contributed by atoms with Gasteiger partial charge < -0.3 is 14.6 Å². The van der Waals surface area contributed by atoms with E-state index in [2.05, 4.69) is 31.4 Å². The van der Waals surface area contributed by atoms with Crippen LogP contribution in [0.25, 0.3) is 0 Å². The maximum atomic E-state index is 10.2. The molecule has 0 bridgehead atoms. The number of allylic oxidation sites excluding steroid dienone is 2. The summed E-state index contributed by atoms with van der Waals surface area (Å²) in [6.45, 7) is 12.3. The van der Waals surface area contributed by atoms with Gasteiger partial charge in [0, 0.05) is 16.4 Å². The van der Waals surface area contributed by atoms with Gasteiger partial charge in [-0.05, 0) is 68.7 Å². The van der Waals surface area contributed by atoms with Crippen molar-refractivity contribution in [3.63, 3.8) is 0 Å². The lowest BCUT2D eigenvalue weighted by Gasteiger charge is -2.80. The molecule has 3 nitrogen and oxygen atoms in total. The van der Waals surface area contributed by atoms with Gasteiger partial charge in [-0.1, -0.05) is 31.8 Å². The Balaban J connectivity index is 1.74. The molecule has 4 aliphatic carbocycles. The summed E-state index contributed by atoms with van der Waals surface area (Å²) in [4.78, 5) is 0. The van der Waals surface area contributed by atoms with Gasteiger partial charge in [-0.2, -0.15) is 0 Å². The fraction of sp³-hybridized carbons (Fsp3) is 0.652. The molecule has 0 aromatic carbocycles. The lowest BCUT2D eigenvalue weighted by atomic mass is 9.24. The highest BCUT2D eigenvalue weighted by molar-refractivity contribution is 5.64. The summed E-state index contributed by atoms with van der Waals surface area (Å²) in [5.41, 5.74) is 3.98. The highest BCUT2D eigenvalue weighted by Crippen LogP contribution is 2.86. The van der Waals surface area contributed by atoms with Gasteiger partial charge in [-0.25, -0.2) is 0 Å². The summed E-state index contributed by atoms with van der Waals surface area (Å²) in [6.07, 6.45) is 6.71. The predicted octanol–water partition coefficient (Wildman–Crippen LogP) is 3.90. The van der Waals surface area contributed by atoms with Gasteiger partial charge in [-0.15, -0.1) is 0 Å². The number of fused-ring (bicyclic) bond motifs is 1. The zero-order chi connectivity index (χ0) is 18.5. The number of rotatable bonds is 1. The van der Waals surface area contributed by atoms with Crippen LogP contribution in [-0.4, -0.2) is 29.2 Å². The fourth-order valence-corrected chi connectivity index (χ4v) is 7.23. The minimum absolute atomic E-state index is 0.0195. The van der Waals surface area contributed by atoms with Crippen LogP contribution in [0, 0.1) is 28.6 Å². The van der Waals surface area contributed by atoms with Gasteiger partial charge in [0.15, 0.2) is 5.79 Å². The smallest absolute Gasteiger partial charge is 0.164 e. The summed E-state index contributed by atoms with van der Waals surface area (Å²) >= 11 is 0. The molecule has 26 heavy (non-hydrogen) atoms. The van der Waals surface area contributed by atoms with E-state index in [1.54, 1.807) is 0 Å². The van der Waals surface area contributed by atoms with Crippen LogP contribution in [0.4, 0.5) is 0 Å². The molecule has 1 saturated heterocycles. The number of ether oxygens (including phenoxy) is 2. The Hall–Kier alpha value is -1.34. The van der Waals surface area contributed by atoms with Crippen molar-refractivity contribution in [2.24, 2.45) is 16.7 Å². The van der Waals surface area contributed by atoms with Crippen molar-refractivity contribution in [2.75, 3.05) is 6.61 Å². The third-order valence-electron chi connectivity index (χ3n) is 7.69. The molecule has 0 unspecified atom stereocenters. The Kier molecular flexibility index (Phi) is 3.06. The molecule has 0 aromatic heterocycles. The van der Waals surface area contributed by atoms with E-state index in [4.69, 9.17) is 9.47 Å². The van der Waals surface area contributed by atoms with Crippen molar-refractivity contribution in [2.45, 2.75) is 70.9 Å². The number of hydrogen-bond donors (Lipinski definition) is 1. The van der Waals surface area contributed by atoms with Crippen LogP contribution in [0.5, 0.6) is 0 Å². The maximum Gasteiger partial charge on any atom is 0.164 e. The van der Waals surface area contributed by atoms with Crippen molar-refractivity contribution in [1.29, 1.82) is 0 Å². The van der Waals surface area contributed by atoms with Crippen molar-refractivity contribution >= 4 is 0 Å². The first-order chi connectivity index (χ1) is 12.2. The minimum Gasteiger partial charge on any atom is -0.392 e. The highest BCUT2D eigenvalue weighted by atomic mass is 16.8. The summed E-state index contributed by atoms with van der Waals surface area (Å²) in [6, 6.07) is 0. The largest absolute Gasteiger partial charge is 0.392 e. The van der Waals surface area contributed by atoms with Crippen molar-refractivity contribution in [3.05, 3.63) is 34.9 Å². The van der Waals surface area contributed by atoms with Crippen LogP contribution in [-0.2, 0) is 9.47 Å². The molecule has 5 atom stereocenters. The quantitative estimate of drug-likeness (QED) is 0.728. The zero-order valence-corrected chi connectivity index (χ0v) is 16.2. The summed E-state index contributed by atoms with van der Waals surface area (Å²) < 4.78 is 13.1. The molecule has 0 aromatic rings. The van der Waals surface area contributed by atoms with E-state index in [9.17, 15) is 5.11 Å². The van der Waals surface area contributed by atoms with Crippen molar-refractivity contribution in [3.8, 4) is 11.8 Å². The maximum absolute atomic E-state index is 10.2. The van der Waals surface area contributed by atoms with Gasteiger partial charge in [0.25, 0.3) is 0 Å². The normalized spacial score (nSPS) is 46.6. The van der Waals surface area contributed by atoms with Crippen molar-refractivity contribution in [1.82, 2.24) is 0 Å². The monoisotopic (exact) mass is 352 g/mol. The highest BCUT2D eigenvalue weighted by Gasteiger charge is 2.88. The second-order valence-electron chi connectivity index (χ2n) is 9.51. The Labute approximate surface area is 156 Å². The summed E-state index contributed by atoms with van der Waals surface area (Å²) in [5, 5.41) is 10.2. The first kappa shape index (κ1) is 16.8. The van der Waals surface area contributed by atoms with Gasteiger partial charge in [0.1, 0.15) is 11.7 Å². The molecule has 0 amide bonds. The van der Waals surface area contributed by atoms with E-state index in [1.165, 1.54) is 18.4 Å². The predicted molar refractivity (Wildman–Crippen MR) is 100 cm³/mol. The van der Waals surface area contributed by atoms with E-state index in [1.807, 2.05) is 20.8 Å². The van der Waals surface area contributed by atoms with Gasteiger partial charge in [-0.3, -0.25) is 0 Å². The Morgan fingerprint density at radius 2 is 2.15 bits per heavy atom. The first-order valence-corrected chi connectivity index (χ1v) is 9.84. The molecule has 1 aliphatic heterocycles. The van der Waals surface area contributed by atoms with Crippen LogP contribution in [0.3, 0.4) is 0 Å². The van der Waals surface area contributed by atoms with Crippen LogP contribution in [0.15, 0.2) is 34.9 Å². The summed E-state index contributed by atoms with van der Waals surface area (Å²) in [5.74, 6) is 6.59. The van der Waals surface area contributed by atoms with Gasteiger partial charge in [0.05, 0.1) is 6.61 Å². The van der Waals surface area contributed by atoms with Gasteiger partial charge >= 0.3 is 0 Å².